The highest BCUT2D eigenvalue weighted by atomic mass is 16.8. The summed E-state index contributed by atoms with van der Waals surface area (Å²) in [5.74, 6) is -0.575. The van der Waals surface area contributed by atoms with E-state index in [1.807, 2.05) is 13.8 Å². The molecular formula is C10H18N2O3. The summed E-state index contributed by atoms with van der Waals surface area (Å²) in [5, 5.41) is 6.11. The second-order valence-corrected chi connectivity index (χ2v) is 4.60. The number of rotatable bonds is 1. The largest absolute Gasteiger partial charge is 0.350 e. The average molecular weight is 214 g/mol. The summed E-state index contributed by atoms with van der Waals surface area (Å²) in [7, 11) is 0. The summed E-state index contributed by atoms with van der Waals surface area (Å²) in [5.41, 5.74) is 0. The highest BCUT2D eigenvalue weighted by molar-refractivity contribution is 5.73. The third kappa shape index (κ3) is 2.30. The van der Waals surface area contributed by atoms with Crippen LogP contribution in [0.15, 0.2) is 0 Å². The predicted molar refractivity (Wildman–Crippen MR) is 54.3 cm³/mol. The van der Waals surface area contributed by atoms with E-state index in [0.29, 0.717) is 0 Å². The van der Waals surface area contributed by atoms with E-state index in [-0.39, 0.29) is 24.2 Å². The van der Waals surface area contributed by atoms with Crippen molar-refractivity contribution < 1.29 is 14.3 Å². The van der Waals surface area contributed by atoms with E-state index >= 15 is 0 Å². The molecule has 86 valence electrons. The molecule has 1 amide bonds. The van der Waals surface area contributed by atoms with Crippen LogP contribution in [0.25, 0.3) is 0 Å². The summed E-state index contributed by atoms with van der Waals surface area (Å²) >= 11 is 0. The summed E-state index contributed by atoms with van der Waals surface area (Å²) in [6.07, 6.45) is -0.00394. The molecule has 0 spiro atoms. The van der Waals surface area contributed by atoms with Crippen LogP contribution in [0.5, 0.6) is 0 Å². The van der Waals surface area contributed by atoms with Crippen LogP contribution in [-0.2, 0) is 14.3 Å². The first kappa shape index (κ1) is 10.9. The highest BCUT2D eigenvalue weighted by Crippen LogP contribution is 2.31. The van der Waals surface area contributed by atoms with Crippen LogP contribution >= 0.6 is 0 Å². The molecule has 0 bridgehead atoms. The van der Waals surface area contributed by atoms with Crippen LogP contribution in [0.2, 0.25) is 0 Å². The normalized spacial score (nSPS) is 38.5. The van der Waals surface area contributed by atoms with Gasteiger partial charge in [-0.15, -0.1) is 0 Å². The van der Waals surface area contributed by atoms with Crippen LogP contribution < -0.4 is 10.6 Å². The Hall–Kier alpha value is -0.650. The molecule has 0 aromatic rings. The molecule has 0 saturated carbocycles. The quantitative estimate of drug-likeness (QED) is 0.624. The molecule has 0 aromatic heterocycles. The van der Waals surface area contributed by atoms with Gasteiger partial charge in [-0.2, -0.15) is 0 Å². The Labute approximate surface area is 89.5 Å². The third-order valence-electron chi connectivity index (χ3n) is 2.72. The van der Waals surface area contributed by atoms with Gasteiger partial charge in [-0.3, -0.25) is 4.79 Å². The maximum Gasteiger partial charge on any atom is 0.217 e. The standard InChI is InChI=1S/C10H18N2O3/c1-6(13)12-7-4-11-5-8-9(7)15-10(2,3)14-8/h7-9,11H,4-5H2,1-3H3,(H,12,13)/t7-,8-,9+/m0/s1. The molecule has 15 heavy (non-hydrogen) atoms. The van der Waals surface area contributed by atoms with Crippen molar-refractivity contribution in [1.82, 2.24) is 10.6 Å². The van der Waals surface area contributed by atoms with Gasteiger partial charge < -0.3 is 20.1 Å². The first-order chi connectivity index (χ1) is 6.98. The monoisotopic (exact) mass is 214 g/mol. The van der Waals surface area contributed by atoms with E-state index in [4.69, 9.17) is 9.47 Å². The number of hydrogen-bond donors (Lipinski definition) is 2. The first-order valence-electron chi connectivity index (χ1n) is 5.31. The Kier molecular flexibility index (Phi) is 2.70. The SMILES string of the molecule is CC(=O)N[C@H]1CNC[C@@H]2OC(C)(C)O[C@H]12. The molecule has 0 unspecified atom stereocenters. The minimum atomic E-state index is -0.544. The van der Waals surface area contributed by atoms with E-state index < -0.39 is 5.79 Å². The fourth-order valence-electron chi connectivity index (χ4n) is 2.25. The Bertz CT molecular complexity index is 267. The number of amides is 1. The second-order valence-electron chi connectivity index (χ2n) is 4.60. The second kappa shape index (κ2) is 3.73. The van der Waals surface area contributed by atoms with Crippen molar-refractivity contribution in [2.45, 2.75) is 44.8 Å². The molecule has 2 fully saturated rings. The van der Waals surface area contributed by atoms with E-state index in [0.717, 1.165) is 13.1 Å². The van der Waals surface area contributed by atoms with Crippen molar-refractivity contribution in [3.63, 3.8) is 0 Å². The van der Waals surface area contributed by atoms with Crippen LogP contribution in [-0.4, -0.2) is 43.0 Å². The van der Waals surface area contributed by atoms with Gasteiger partial charge in [-0.25, -0.2) is 0 Å². The lowest BCUT2D eigenvalue weighted by molar-refractivity contribution is -0.147. The predicted octanol–water partition coefficient (Wildman–Crippen LogP) is -0.386. The molecular weight excluding hydrogens is 196 g/mol. The van der Waals surface area contributed by atoms with Gasteiger partial charge in [-0.05, 0) is 13.8 Å². The Morgan fingerprint density at radius 2 is 2.13 bits per heavy atom. The van der Waals surface area contributed by atoms with E-state index in [1.165, 1.54) is 6.92 Å². The van der Waals surface area contributed by atoms with Crippen molar-refractivity contribution >= 4 is 5.91 Å². The maximum absolute atomic E-state index is 11.0. The fraction of sp³-hybridized carbons (Fsp3) is 0.900. The minimum absolute atomic E-state index is 0.00280. The zero-order valence-electron chi connectivity index (χ0n) is 9.37. The lowest BCUT2D eigenvalue weighted by atomic mass is 10.0. The van der Waals surface area contributed by atoms with E-state index in [1.54, 1.807) is 0 Å². The topological polar surface area (TPSA) is 59.6 Å². The fourth-order valence-corrected chi connectivity index (χ4v) is 2.25. The zero-order valence-corrected chi connectivity index (χ0v) is 9.37. The number of carbonyl (C=O) groups is 1. The number of nitrogens with one attached hydrogen (secondary N) is 2. The molecule has 0 radical (unpaired) electrons. The van der Waals surface area contributed by atoms with Crippen molar-refractivity contribution in [1.29, 1.82) is 0 Å². The lowest BCUT2D eigenvalue weighted by Crippen LogP contribution is -2.58. The Morgan fingerprint density at radius 1 is 1.40 bits per heavy atom. The van der Waals surface area contributed by atoms with Crippen molar-refractivity contribution in [3.8, 4) is 0 Å². The smallest absolute Gasteiger partial charge is 0.217 e. The number of ether oxygens (including phenoxy) is 2. The molecule has 2 aliphatic heterocycles. The van der Waals surface area contributed by atoms with Gasteiger partial charge in [0.05, 0.1) is 6.04 Å². The van der Waals surface area contributed by atoms with Crippen LogP contribution in [0.4, 0.5) is 0 Å². The van der Waals surface area contributed by atoms with Crippen molar-refractivity contribution in [2.24, 2.45) is 0 Å². The van der Waals surface area contributed by atoms with E-state index in [2.05, 4.69) is 10.6 Å². The maximum atomic E-state index is 11.0. The molecule has 0 aromatic carbocycles. The van der Waals surface area contributed by atoms with Crippen molar-refractivity contribution in [3.05, 3.63) is 0 Å². The molecule has 2 aliphatic rings. The molecule has 2 N–H and O–H groups in total. The Balaban J connectivity index is 2.05. The van der Waals surface area contributed by atoms with Gasteiger partial charge in [-0.1, -0.05) is 0 Å². The molecule has 3 atom stereocenters. The minimum Gasteiger partial charge on any atom is -0.350 e. The molecule has 0 aliphatic carbocycles. The van der Waals surface area contributed by atoms with Gasteiger partial charge in [0.15, 0.2) is 5.79 Å². The van der Waals surface area contributed by atoms with Gasteiger partial charge in [0, 0.05) is 20.0 Å². The zero-order chi connectivity index (χ0) is 11.1. The van der Waals surface area contributed by atoms with Gasteiger partial charge in [0.25, 0.3) is 0 Å². The highest BCUT2D eigenvalue weighted by Gasteiger charge is 2.47. The van der Waals surface area contributed by atoms with Gasteiger partial charge in [0.2, 0.25) is 5.91 Å². The summed E-state index contributed by atoms with van der Waals surface area (Å²) in [4.78, 5) is 11.0. The lowest BCUT2D eigenvalue weighted by Gasteiger charge is -2.32. The molecule has 2 heterocycles. The number of piperidine rings is 1. The van der Waals surface area contributed by atoms with E-state index in [9.17, 15) is 4.79 Å². The summed E-state index contributed by atoms with van der Waals surface area (Å²) in [6, 6.07) is 0.00280. The molecule has 5 heteroatoms. The summed E-state index contributed by atoms with van der Waals surface area (Å²) < 4.78 is 11.5. The Morgan fingerprint density at radius 3 is 2.80 bits per heavy atom. The van der Waals surface area contributed by atoms with Crippen molar-refractivity contribution in [2.75, 3.05) is 13.1 Å². The molecule has 5 nitrogen and oxygen atoms in total. The number of carbonyl (C=O) groups excluding carboxylic acids is 1. The van der Waals surface area contributed by atoms with Gasteiger partial charge >= 0.3 is 0 Å². The first-order valence-corrected chi connectivity index (χ1v) is 5.31. The van der Waals surface area contributed by atoms with Crippen LogP contribution in [0, 0.1) is 0 Å². The van der Waals surface area contributed by atoms with Gasteiger partial charge in [0.1, 0.15) is 12.2 Å². The van der Waals surface area contributed by atoms with Crippen LogP contribution in [0.3, 0.4) is 0 Å². The molecule has 2 saturated heterocycles. The van der Waals surface area contributed by atoms with Crippen LogP contribution in [0.1, 0.15) is 20.8 Å². The summed E-state index contributed by atoms with van der Waals surface area (Å²) in [6.45, 7) is 6.83. The number of fused-ring (bicyclic) bond motifs is 1. The third-order valence-corrected chi connectivity index (χ3v) is 2.72. The number of hydrogen-bond acceptors (Lipinski definition) is 4. The average Bonchev–Trinajstić information content (AvgIpc) is 2.39. The molecule has 2 rings (SSSR count).